The predicted octanol–water partition coefficient (Wildman–Crippen LogP) is 3.73. The fourth-order valence-electron chi connectivity index (χ4n) is 1.68. The zero-order chi connectivity index (χ0) is 10.9. The molecule has 16 heavy (non-hydrogen) atoms. The van der Waals surface area contributed by atoms with E-state index in [-0.39, 0.29) is 38.3 Å². The molecule has 1 radical (unpaired) electrons. The fraction of sp³-hybridized carbons (Fsp3) is 1.00. The van der Waals surface area contributed by atoms with E-state index in [1.54, 1.807) is 0 Å². The average molecular weight is 307 g/mol. The smallest absolute Gasteiger partial charge is 0 e. The van der Waals surface area contributed by atoms with Crippen LogP contribution in [0.3, 0.4) is 0 Å². The molecule has 0 aromatic heterocycles. The van der Waals surface area contributed by atoms with E-state index in [0.717, 1.165) is 6.54 Å². The van der Waals surface area contributed by atoms with Crippen LogP contribution < -0.4 is 5.73 Å². The molecule has 0 fully saturated rings. The number of hydrogen-bond acceptors (Lipinski definition) is 1. The quantitative estimate of drug-likeness (QED) is 0.537. The largest absolute Gasteiger partial charge is 0.330 e. The number of unbranched alkanes of at least 4 members (excludes halogenated alkanes) is 6. The molecule has 0 heterocycles. The molecule has 0 aromatic carbocycles. The van der Waals surface area contributed by atoms with Crippen LogP contribution in [0.5, 0.6) is 0 Å². The predicted molar refractivity (Wildman–Crippen MR) is 71.2 cm³/mol. The van der Waals surface area contributed by atoms with Crippen molar-refractivity contribution in [2.75, 3.05) is 6.54 Å². The van der Waals surface area contributed by atoms with Gasteiger partial charge in [0.1, 0.15) is 0 Å². The molecule has 3 heteroatoms. The fourth-order valence-corrected chi connectivity index (χ4v) is 1.68. The molecule has 0 aliphatic carbocycles. The molecule has 0 rings (SSSR count). The summed E-state index contributed by atoms with van der Waals surface area (Å²) in [6.07, 6.45) is 10.9. The number of rotatable bonds is 8. The van der Waals surface area contributed by atoms with Crippen molar-refractivity contribution in [1.82, 2.24) is 0 Å². The van der Waals surface area contributed by atoms with Gasteiger partial charge in [-0.1, -0.05) is 59.3 Å². The van der Waals surface area contributed by atoms with Gasteiger partial charge in [0.15, 0.2) is 0 Å². The Hall–Kier alpha value is 1.18. The van der Waals surface area contributed by atoms with E-state index in [2.05, 4.69) is 20.8 Å². The number of hydrogen-bond donors (Lipinski definition) is 1. The van der Waals surface area contributed by atoms with Crippen molar-refractivity contribution in [3.8, 4) is 0 Å². The molecule has 2 N–H and O–H groups in total. The molecule has 0 saturated heterocycles. The van der Waals surface area contributed by atoms with Gasteiger partial charge in [-0.05, 0) is 24.8 Å². The molecule has 0 amide bonds. The van der Waals surface area contributed by atoms with Crippen molar-refractivity contribution < 1.29 is 19.5 Å². The zero-order valence-corrected chi connectivity index (χ0v) is 13.5. The van der Waals surface area contributed by atoms with E-state index in [4.69, 9.17) is 5.73 Å². The number of nitrogens with two attached hydrogens (primary N) is 1. The molecule has 0 aliphatic heterocycles. The van der Waals surface area contributed by atoms with Gasteiger partial charge in [0.05, 0.1) is 0 Å². The third-order valence-corrected chi connectivity index (χ3v) is 2.63. The molecule has 95 valence electrons. The molecule has 0 unspecified atom stereocenters. The third kappa shape index (κ3) is 20.6. The summed E-state index contributed by atoms with van der Waals surface area (Å²) in [5.74, 6) is 0. The second-order valence-electron chi connectivity index (χ2n) is 5.57. The standard InChI is InChI=1S/C13H29N.Li.Ru/c1-13(2,3)11-9-7-5-4-6-8-10-12-14;;/h4-12,14H2,1-3H3;;. The third-order valence-electron chi connectivity index (χ3n) is 2.63. The van der Waals surface area contributed by atoms with Gasteiger partial charge in [-0.25, -0.2) is 0 Å². The van der Waals surface area contributed by atoms with Crippen molar-refractivity contribution in [1.29, 1.82) is 0 Å². The van der Waals surface area contributed by atoms with Crippen molar-refractivity contribution in [3.05, 3.63) is 0 Å². The minimum absolute atomic E-state index is 0. The molecule has 0 atom stereocenters. The van der Waals surface area contributed by atoms with E-state index in [0.29, 0.717) is 5.41 Å². The molecule has 0 spiro atoms. The van der Waals surface area contributed by atoms with Crippen LogP contribution >= 0.6 is 0 Å². The van der Waals surface area contributed by atoms with Gasteiger partial charge in [0.2, 0.25) is 0 Å². The molecule has 0 aliphatic rings. The van der Waals surface area contributed by atoms with E-state index < -0.39 is 0 Å². The first-order valence-corrected chi connectivity index (χ1v) is 6.26. The van der Waals surface area contributed by atoms with Gasteiger partial charge in [0.25, 0.3) is 0 Å². The van der Waals surface area contributed by atoms with Crippen molar-refractivity contribution in [2.45, 2.75) is 72.1 Å². The Morgan fingerprint density at radius 1 is 0.750 bits per heavy atom. The Kier molecular flexibility index (Phi) is 19.9. The molecule has 0 saturated carbocycles. The first-order chi connectivity index (χ1) is 6.56. The van der Waals surface area contributed by atoms with Crippen LogP contribution in [0.1, 0.15) is 72.1 Å². The molecular formula is C13H29LiNRu. The summed E-state index contributed by atoms with van der Waals surface area (Å²) in [7, 11) is 0. The SMILES string of the molecule is CC(C)(C)CCCCCCCCCN.[Li].[Ru]. The molecule has 0 bridgehead atoms. The topological polar surface area (TPSA) is 26.0 Å². The zero-order valence-electron chi connectivity index (χ0n) is 11.8. The minimum atomic E-state index is 0. The van der Waals surface area contributed by atoms with Crippen molar-refractivity contribution in [3.63, 3.8) is 0 Å². The van der Waals surface area contributed by atoms with E-state index in [1.165, 1.54) is 51.4 Å². The molecule has 0 aromatic rings. The summed E-state index contributed by atoms with van der Waals surface area (Å²) in [6, 6.07) is 0. The maximum Gasteiger partial charge on any atom is 0 e. The van der Waals surface area contributed by atoms with E-state index in [1.807, 2.05) is 0 Å². The first-order valence-electron chi connectivity index (χ1n) is 6.26. The Morgan fingerprint density at radius 3 is 1.50 bits per heavy atom. The van der Waals surface area contributed by atoms with Gasteiger partial charge in [-0.2, -0.15) is 0 Å². The molecular weight excluding hydrogens is 278 g/mol. The van der Waals surface area contributed by atoms with Gasteiger partial charge in [0, 0.05) is 38.3 Å². The van der Waals surface area contributed by atoms with Crippen LogP contribution in [0.15, 0.2) is 0 Å². The van der Waals surface area contributed by atoms with Crippen LogP contribution in [-0.4, -0.2) is 25.4 Å². The second kappa shape index (κ2) is 14.2. The Morgan fingerprint density at radius 2 is 1.12 bits per heavy atom. The van der Waals surface area contributed by atoms with Crippen molar-refractivity contribution in [2.24, 2.45) is 11.1 Å². The van der Waals surface area contributed by atoms with E-state index >= 15 is 0 Å². The van der Waals surface area contributed by atoms with Gasteiger partial charge >= 0.3 is 0 Å². The summed E-state index contributed by atoms with van der Waals surface area (Å²) >= 11 is 0. The Bertz CT molecular complexity index is 124. The summed E-state index contributed by atoms with van der Waals surface area (Å²) in [6.45, 7) is 7.85. The summed E-state index contributed by atoms with van der Waals surface area (Å²) in [5.41, 5.74) is 5.97. The van der Waals surface area contributed by atoms with Gasteiger partial charge in [-0.3, -0.25) is 0 Å². The van der Waals surface area contributed by atoms with Gasteiger partial charge in [-0.15, -0.1) is 0 Å². The molecule has 1 nitrogen and oxygen atoms in total. The maximum atomic E-state index is 5.44. The second-order valence-corrected chi connectivity index (χ2v) is 5.57. The summed E-state index contributed by atoms with van der Waals surface area (Å²) in [5, 5.41) is 0. The van der Waals surface area contributed by atoms with Crippen molar-refractivity contribution >= 4 is 18.9 Å². The van der Waals surface area contributed by atoms with Crippen LogP contribution in [0.25, 0.3) is 0 Å². The average Bonchev–Trinajstić information content (AvgIpc) is 2.08. The van der Waals surface area contributed by atoms with Crippen LogP contribution in [0.4, 0.5) is 0 Å². The van der Waals surface area contributed by atoms with Gasteiger partial charge < -0.3 is 5.73 Å². The van der Waals surface area contributed by atoms with Crippen LogP contribution in [0.2, 0.25) is 0 Å². The first kappa shape index (κ1) is 22.4. The summed E-state index contributed by atoms with van der Waals surface area (Å²) < 4.78 is 0. The van der Waals surface area contributed by atoms with E-state index in [9.17, 15) is 0 Å². The monoisotopic (exact) mass is 308 g/mol. The maximum absolute atomic E-state index is 5.44. The minimum Gasteiger partial charge on any atom is -0.330 e. The Labute approximate surface area is 128 Å². The summed E-state index contributed by atoms with van der Waals surface area (Å²) in [4.78, 5) is 0. The Balaban J connectivity index is -0.000000845. The normalized spacial score (nSPS) is 10.5. The van der Waals surface area contributed by atoms with Crippen LogP contribution in [0, 0.1) is 5.41 Å². The van der Waals surface area contributed by atoms with Crippen LogP contribution in [-0.2, 0) is 19.5 Å².